The van der Waals surface area contributed by atoms with Crippen molar-refractivity contribution in [2.75, 3.05) is 7.11 Å². The third kappa shape index (κ3) is 5.14. The van der Waals surface area contributed by atoms with Crippen LogP contribution >= 0.6 is 0 Å². The molecule has 0 saturated carbocycles. The van der Waals surface area contributed by atoms with Crippen molar-refractivity contribution >= 4 is 10.0 Å². The second-order valence-corrected chi connectivity index (χ2v) is 9.66. The molecule has 0 fully saturated rings. The number of hydrogen-bond donors (Lipinski definition) is 0. The van der Waals surface area contributed by atoms with E-state index in [2.05, 4.69) is 24.0 Å². The summed E-state index contributed by atoms with van der Waals surface area (Å²) >= 11 is 0. The Morgan fingerprint density at radius 3 is 2.23 bits per heavy atom. The standard InChI is InChI=1S/C23H29N3O4S/c1-6-17(4)26(31(27,28)21-13-9-18(10-14-21)16(2)3)15-22-24-23(25-30-22)19-7-11-20(29-5)12-8-19/h7-14,16-17H,6,15H2,1-5H3/t17-/m1/s1. The molecule has 3 rings (SSSR count). The molecule has 1 heterocycles. The highest BCUT2D eigenvalue weighted by Crippen LogP contribution is 2.25. The second-order valence-electron chi connectivity index (χ2n) is 7.77. The number of sulfonamides is 1. The maximum absolute atomic E-state index is 13.4. The Morgan fingerprint density at radius 1 is 1.03 bits per heavy atom. The van der Waals surface area contributed by atoms with Crippen LogP contribution in [-0.2, 0) is 16.6 Å². The summed E-state index contributed by atoms with van der Waals surface area (Å²) in [7, 11) is -2.13. The Morgan fingerprint density at radius 2 is 1.68 bits per heavy atom. The van der Waals surface area contributed by atoms with Crippen LogP contribution < -0.4 is 4.74 Å². The van der Waals surface area contributed by atoms with Crippen molar-refractivity contribution in [1.29, 1.82) is 0 Å². The van der Waals surface area contributed by atoms with Gasteiger partial charge < -0.3 is 9.26 Å². The molecular formula is C23H29N3O4S. The molecular weight excluding hydrogens is 414 g/mol. The molecule has 8 heteroatoms. The van der Waals surface area contributed by atoms with Crippen LogP contribution in [0.3, 0.4) is 0 Å². The topological polar surface area (TPSA) is 85.5 Å². The van der Waals surface area contributed by atoms with Crippen LogP contribution in [0.4, 0.5) is 0 Å². The summed E-state index contributed by atoms with van der Waals surface area (Å²) in [5, 5.41) is 4.02. The van der Waals surface area contributed by atoms with Gasteiger partial charge in [-0.05, 0) is 61.2 Å². The van der Waals surface area contributed by atoms with Gasteiger partial charge in [-0.1, -0.05) is 38.1 Å². The van der Waals surface area contributed by atoms with Gasteiger partial charge in [0.15, 0.2) is 0 Å². The Kier molecular flexibility index (Phi) is 7.12. The van der Waals surface area contributed by atoms with E-state index >= 15 is 0 Å². The Hall–Kier alpha value is -2.71. The minimum absolute atomic E-state index is 0.00638. The Bertz CT molecular complexity index is 1090. The molecule has 0 amide bonds. The van der Waals surface area contributed by atoms with Crippen molar-refractivity contribution in [3.05, 3.63) is 60.0 Å². The van der Waals surface area contributed by atoms with Gasteiger partial charge in [0.25, 0.3) is 0 Å². The van der Waals surface area contributed by atoms with Crippen molar-refractivity contribution in [3.63, 3.8) is 0 Å². The van der Waals surface area contributed by atoms with Gasteiger partial charge in [0.05, 0.1) is 18.6 Å². The predicted octanol–water partition coefficient (Wildman–Crippen LogP) is 4.86. The zero-order chi connectivity index (χ0) is 22.6. The Labute approximate surface area is 184 Å². The third-order valence-electron chi connectivity index (χ3n) is 5.34. The van der Waals surface area contributed by atoms with E-state index in [1.165, 1.54) is 4.31 Å². The SMILES string of the molecule is CC[C@@H](C)N(Cc1nc(-c2ccc(OC)cc2)no1)S(=O)(=O)c1ccc(C(C)C)cc1. The highest BCUT2D eigenvalue weighted by molar-refractivity contribution is 7.89. The van der Waals surface area contributed by atoms with Crippen molar-refractivity contribution in [2.24, 2.45) is 0 Å². The second kappa shape index (κ2) is 9.62. The highest BCUT2D eigenvalue weighted by Gasteiger charge is 2.30. The van der Waals surface area contributed by atoms with E-state index in [4.69, 9.17) is 9.26 Å². The number of nitrogens with zero attached hydrogens (tertiary/aromatic N) is 3. The van der Waals surface area contributed by atoms with Crippen LogP contribution in [0.1, 0.15) is 51.5 Å². The van der Waals surface area contributed by atoms with E-state index in [1.807, 2.05) is 50.2 Å². The monoisotopic (exact) mass is 443 g/mol. The molecule has 0 aliphatic carbocycles. The number of hydrogen-bond acceptors (Lipinski definition) is 6. The van der Waals surface area contributed by atoms with Crippen molar-refractivity contribution < 1.29 is 17.7 Å². The van der Waals surface area contributed by atoms with Gasteiger partial charge in [-0.25, -0.2) is 8.42 Å². The molecule has 1 aromatic heterocycles. The van der Waals surface area contributed by atoms with E-state index in [-0.39, 0.29) is 23.4 Å². The molecule has 2 aromatic carbocycles. The van der Waals surface area contributed by atoms with Gasteiger partial charge in [0, 0.05) is 11.6 Å². The summed E-state index contributed by atoms with van der Waals surface area (Å²) in [6, 6.07) is 14.1. The van der Waals surface area contributed by atoms with Crippen LogP contribution in [0.5, 0.6) is 5.75 Å². The molecule has 0 spiro atoms. The van der Waals surface area contributed by atoms with Gasteiger partial charge in [-0.3, -0.25) is 0 Å². The largest absolute Gasteiger partial charge is 0.497 e. The summed E-state index contributed by atoms with van der Waals surface area (Å²) in [6.07, 6.45) is 0.656. The average Bonchev–Trinajstić information content (AvgIpc) is 3.25. The molecule has 7 nitrogen and oxygen atoms in total. The van der Waals surface area contributed by atoms with Gasteiger partial charge in [-0.2, -0.15) is 9.29 Å². The number of benzene rings is 2. The van der Waals surface area contributed by atoms with E-state index in [9.17, 15) is 8.42 Å². The maximum atomic E-state index is 13.4. The minimum atomic E-state index is -3.73. The molecule has 166 valence electrons. The smallest absolute Gasteiger partial charge is 0.243 e. The van der Waals surface area contributed by atoms with E-state index < -0.39 is 10.0 Å². The molecule has 0 radical (unpaired) electrons. The number of aromatic nitrogens is 2. The van der Waals surface area contributed by atoms with E-state index in [1.54, 1.807) is 19.2 Å². The van der Waals surface area contributed by atoms with Gasteiger partial charge in [-0.15, -0.1) is 0 Å². The van der Waals surface area contributed by atoms with Crippen LogP contribution in [0.25, 0.3) is 11.4 Å². The number of rotatable bonds is 9. The first-order chi connectivity index (χ1) is 14.8. The molecule has 0 bridgehead atoms. The first-order valence-electron chi connectivity index (χ1n) is 10.3. The lowest BCUT2D eigenvalue weighted by Gasteiger charge is -2.26. The summed E-state index contributed by atoms with van der Waals surface area (Å²) in [5.41, 5.74) is 1.85. The van der Waals surface area contributed by atoms with Crippen LogP contribution in [0.2, 0.25) is 0 Å². The first kappa shape index (κ1) is 23.0. The van der Waals surface area contributed by atoms with Crippen molar-refractivity contribution in [1.82, 2.24) is 14.4 Å². The lowest BCUT2D eigenvalue weighted by Crippen LogP contribution is -2.37. The average molecular weight is 444 g/mol. The lowest BCUT2D eigenvalue weighted by molar-refractivity contribution is 0.273. The normalized spacial score (nSPS) is 13.0. The first-order valence-corrected chi connectivity index (χ1v) is 11.8. The van der Waals surface area contributed by atoms with Gasteiger partial charge >= 0.3 is 0 Å². The number of ether oxygens (including phenoxy) is 1. The third-order valence-corrected chi connectivity index (χ3v) is 7.32. The quantitative estimate of drug-likeness (QED) is 0.470. The molecule has 0 aliphatic heterocycles. The van der Waals surface area contributed by atoms with Gasteiger partial charge in [0.1, 0.15) is 5.75 Å². The molecule has 1 atom stereocenters. The van der Waals surface area contributed by atoms with Crippen LogP contribution in [0, 0.1) is 0 Å². The molecule has 0 N–H and O–H groups in total. The summed E-state index contributed by atoms with van der Waals surface area (Å²) in [4.78, 5) is 4.67. The molecule has 0 aliphatic rings. The molecule has 3 aromatic rings. The molecule has 0 unspecified atom stereocenters. The fourth-order valence-electron chi connectivity index (χ4n) is 3.15. The van der Waals surface area contributed by atoms with Crippen molar-refractivity contribution in [2.45, 2.75) is 57.5 Å². The fourth-order valence-corrected chi connectivity index (χ4v) is 4.81. The van der Waals surface area contributed by atoms with Gasteiger partial charge in [0.2, 0.25) is 21.7 Å². The fraction of sp³-hybridized carbons (Fsp3) is 0.391. The van der Waals surface area contributed by atoms with E-state index in [0.717, 1.165) is 16.9 Å². The predicted molar refractivity (Wildman–Crippen MR) is 119 cm³/mol. The lowest BCUT2D eigenvalue weighted by atomic mass is 10.0. The summed E-state index contributed by atoms with van der Waals surface area (Å²) in [6.45, 7) is 7.98. The van der Waals surface area contributed by atoms with Crippen LogP contribution in [-0.4, -0.2) is 36.0 Å². The highest BCUT2D eigenvalue weighted by atomic mass is 32.2. The Balaban J connectivity index is 1.87. The molecule has 31 heavy (non-hydrogen) atoms. The van der Waals surface area contributed by atoms with Crippen molar-refractivity contribution in [3.8, 4) is 17.1 Å². The number of methoxy groups -OCH3 is 1. The zero-order valence-electron chi connectivity index (χ0n) is 18.6. The molecule has 0 saturated heterocycles. The summed E-state index contributed by atoms with van der Waals surface area (Å²) < 4.78 is 38.7. The van der Waals surface area contributed by atoms with Crippen LogP contribution in [0.15, 0.2) is 57.9 Å². The zero-order valence-corrected chi connectivity index (χ0v) is 19.4. The minimum Gasteiger partial charge on any atom is -0.497 e. The van der Waals surface area contributed by atoms with E-state index in [0.29, 0.717) is 18.2 Å². The maximum Gasteiger partial charge on any atom is 0.243 e. The summed E-state index contributed by atoms with van der Waals surface area (Å²) in [5.74, 6) is 1.70.